The van der Waals surface area contributed by atoms with Gasteiger partial charge in [-0.05, 0) is 43.0 Å². The molecule has 1 saturated carbocycles. The van der Waals surface area contributed by atoms with Crippen molar-refractivity contribution in [1.82, 2.24) is 9.62 Å². The summed E-state index contributed by atoms with van der Waals surface area (Å²) in [6.45, 7) is 0.330. The number of fused-ring (bicyclic) bond motifs is 1. The van der Waals surface area contributed by atoms with Gasteiger partial charge in [-0.15, -0.1) is 11.8 Å². The summed E-state index contributed by atoms with van der Waals surface area (Å²) in [5, 5.41) is 2.87. The fourth-order valence-electron chi connectivity index (χ4n) is 4.51. The zero-order chi connectivity index (χ0) is 24.1. The molecule has 9 heteroatoms. The molecule has 0 spiro atoms. The van der Waals surface area contributed by atoms with Crippen LogP contribution >= 0.6 is 11.8 Å². The Labute approximate surface area is 205 Å². The molecule has 0 bridgehead atoms. The molecule has 1 fully saturated rings. The van der Waals surface area contributed by atoms with E-state index in [1.807, 2.05) is 30.3 Å². The van der Waals surface area contributed by atoms with Crippen molar-refractivity contribution in [1.29, 1.82) is 0 Å². The fraction of sp³-hybridized carbons (Fsp3) is 0.440. The maximum Gasteiger partial charge on any atom is 0.243 e. The maximum atomic E-state index is 13.3. The van der Waals surface area contributed by atoms with E-state index in [4.69, 9.17) is 0 Å². The van der Waals surface area contributed by atoms with Crippen LogP contribution in [0.2, 0.25) is 0 Å². The number of thioether (sulfide) groups is 1. The Morgan fingerprint density at radius 3 is 2.59 bits per heavy atom. The molecule has 34 heavy (non-hydrogen) atoms. The van der Waals surface area contributed by atoms with Crippen molar-refractivity contribution in [3.8, 4) is 0 Å². The molecule has 182 valence electrons. The van der Waals surface area contributed by atoms with Crippen LogP contribution in [0.3, 0.4) is 0 Å². The minimum Gasteiger partial charge on any atom is -0.354 e. The van der Waals surface area contributed by atoms with Gasteiger partial charge < -0.3 is 10.2 Å². The predicted octanol–water partition coefficient (Wildman–Crippen LogP) is 3.44. The molecule has 1 aliphatic heterocycles. The lowest BCUT2D eigenvalue weighted by Gasteiger charge is -2.32. The van der Waals surface area contributed by atoms with Gasteiger partial charge in [0.15, 0.2) is 0 Å². The van der Waals surface area contributed by atoms with Crippen LogP contribution in [-0.2, 0) is 26.0 Å². The molecule has 1 heterocycles. The van der Waals surface area contributed by atoms with Gasteiger partial charge >= 0.3 is 0 Å². The third-order valence-corrected chi connectivity index (χ3v) is 9.47. The Kier molecular flexibility index (Phi) is 7.95. The van der Waals surface area contributed by atoms with Crippen LogP contribution in [0.4, 0.5) is 5.69 Å². The largest absolute Gasteiger partial charge is 0.354 e. The van der Waals surface area contributed by atoms with E-state index < -0.39 is 10.0 Å². The Morgan fingerprint density at radius 1 is 1.12 bits per heavy atom. The van der Waals surface area contributed by atoms with Crippen LogP contribution in [0, 0.1) is 0 Å². The van der Waals surface area contributed by atoms with E-state index in [1.165, 1.54) is 21.0 Å². The quantitative estimate of drug-likeness (QED) is 0.599. The molecule has 2 aliphatic rings. The molecule has 7 nitrogen and oxygen atoms in total. The van der Waals surface area contributed by atoms with E-state index in [-0.39, 0.29) is 35.0 Å². The van der Waals surface area contributed by atoms with Crippen molar-refractivity contribution in [3.63, 3.8) is 0 Å². The predicted molar refractivity (Wildman–Crippen MR) is 134 cm³/mol. The number of amides is 2. The van der Waals surface area contributed by atoms with Crippen LogP contribution in [0.15, 0.2) is 58.3 Å². The minimum absolute atomic E-state index is 0.00251. The van der Waals surface area contributed by atoms with Crippen molar-refractivity contribution in [3.05, 3.63) is 54.1 Å². The third-order valence-electron chi connectivity index (χ3n) is 6.52. The normalized spacial score (nSPS) is 17.0. The molecule has 2 amide bonds. The lowest BCUT2D eigenvalue weighted by molar-refractivity contribution is -0.122. The Bertz CT molecular complexity index is 1130. The topological polar surface area (TPSA) is 86.8 Å². The molecule has 0 radical (unpaired) electrons. The first-order valence-corrected chi connectivity index (χ1v) is 14.1. The minimum atomic E-state index is -3.70. The molecular weight excluding hydrogens is 470 g/mol. The van der Waals surface area contributed by atoms with Gasteiger partial charge in [-0.2, -0.15) is 4.31 Å². The standard InChI is InChI=1S/C25H31N3O4S2/c1-27(20-10-6-3-7-11-20)34(31,32)21-12-13-23-22(16-21)28(25(30)18-33-23)17-24(29)26-15-14-19-8-4-2-5-9-19/h2,4-5,8-9,12-13,16,20H,3,6-7,10-11,14-15,17-18H2,1H3,(H,26,29). The van der Waals surface area contributed by atoms with Crippen molar-refractivity contribution in [2.24, 2.45) is 0 Å². The summed E-state index contributed by atoms with van der Waals surface area (Å²) in [7, 11) is -2.06. The van der Waals surface area contributed by atoms with Crippen molar-refractivity contribution >= 4 is 39.3 Å². The highest BCUT2D eigenvalue weighted by Gasteiger charge is 2.32. The Balaban J connectivity index is 1.48. The molecule has 0 atom stereocenters. The molecular formula is C25H31N3O4S2. The monoisotopic (exact) mass is 501 g/mol. The van der Waals surface area contributed by atoms with E-state index in [2.05, 4.69) is 5.32 Å². The summed E-state index contributed by atoms with van der Waals surface area (Å²) >= 11 is 1.37. The average molecular weight is 502 g/mol. The summed E-state index contributed by atoms with van der Waals surface area (Å²) in [5.41, 5.74) is 1.60. The van der Waals surface area contributed by atoms with Crippen molar-refractivity contribution in [2.45, 2.75) is 54.4 Å². The number of carbonyl (C=O) groups excluding carboxylic acids is 2. The number of rotatable bonds is 8. The summed E-state index contributed by atoms with van der Waals surface area (Å²) in [6, 6.07) is 14.7. The van der Waals surface area contributed by atoms with Crippen LogP contribution in [0.5, 0.6) is 0 Å². The van der Waals surface area contributed by atoms with Gasteiger partial charge in [-0.25, -0.2) is 8.42 Å². The van der Waals surface area contributed by atoms with Gasteiger partial charge in [0.25, 0.3) is 0 Å². The van der Waals surface area contributed by atoms with Crippen LogP contribution < -0.4 is 10.2 Å². The van der Waals surface area contributed by atoms with E-state index in [0.29, 0.717) is 18.7 Å². The van der Waals surface area contributed by atoms with E-state index in [1.54, 1.807) is 25.2 Å². The number of carbonyl (C=O) groups is 2. The zero-order valence-corrected chi connectivity index (χ0v) is 21.0. The van der Waals surface area contributed by atoms with Gasteiger partial charge in [-0.3, -0.25) is 9.59 Å². The summed E-state index contributed by atoms with van der Waals surface area (Å²) < 4.78 is 28.2. The number of anilines is 1. The number of nitrogens with zero attached hydrogens (tertiary/aromatic N) is 2. The smallest absolute Gasteiger partial charge is 0.243 e. The van der Waals surface area contributed by atoms with Gasteiger partial charge in [0.1, 0.15) is 6.54 Å². The van der Waals surface area contributed by atoms with Gasteiger partial charge in [0.2, 0.25) is 21.8 Å². The van der Waals surface area contributed by atoms with Gasteiger partial charge in [-0.1, -0.05) is 49.6 Å². The summed E-state index contributed by atoms with van der Waals surface area (Å²) in [5.74, 6) is -0.251. The number of hydrogen-bond donors (Lipinski definition) is 1. The molecule has 1 aliphatic carbocycles. The molecule has 0 aromatic heterocycles. The number of hydrogen-bond acceptors (Lipinski definition) is 5. The fourth-order valence-corrected chi connectivity index (χ4v) is 6.87. The lowest BCUT2D eigenvalue weighted by Crippen LogP contribution is -2.44. The van der Waals surface area contributed by atoms with Crippen LogP contribution in [0.1, 0.15) is 37.7 Å². The average Bonchev–Trinajstić information content (AvgIpc) is 2.86. The van der Waals surface area contributed by atoms with E-state index in [0.717, 1.165) is 42.6 Å². The van der Waals surface area contributed by atoms with Crippen LogP contribution in [-0.4, -0.2) is 56.5 Å². The first kappa shape index (κ1) is 24.8. The number of sulfonamides is 1. The molecule has 0 saturated heterocycles. The van der Waals surface area contributed by atoms with Gasteiger partial charge in [0.05, 0.1) is 16.3 Å². The second-order valence-corrected chi connectivity index (χ2v) is 11.8. The third kappa shape index (κ3) is 5.64. The van der Waals surface area contributed by atoms with Crippen LogP contribution in [0.25, 0.3) is 0 Å². The number of nitrogens with one attached hydrogen (secondary N) is 1. The Morgan fingerprint density at radius 2 is 1.85 bits per heavy atom. The highest BCUT2D eigenvalue weighted by molar-refractivity contribution is 8.00. The van der Waals surface area contributed by atoms with Crippen molar-refractivity contribution in [2.75, 3.05) is 30.8 Å². The van der Waals surface area contributed by atoms with E-state index in [9.17, 15) is 18.0 Å². The SMILES string of the molecule is CN(C1CCCCC1)S(=O)(=O)c1ccc2c(c1)N(CC(=O)NCCc1ccccc1)C(=O)CS2. The molecule has 0 unspecified atom stereocenters. The molecule has 2 aromatic carbocycles. The highest BCUT2D eigenvalue weighted by atomic mass is 32.2. The second kappa shape index (κ2) is 10.9. The molecule has 2 aromatic rings. The summed E-state index contributed by atoms with van der Waals surface area (Å²) in [6.07, 6.45) is 5.64. The first-order chi connectivity index (χ1) is 16.4. The molecule has 4 rings (SSSR count). The van der Waals surface area contributed by atoms with Gasteiger partial charge in [0, 0.05) is 24.5 Å². The number of benzene rings is 2. The van der Waals surface area contributed by atoms with Crippen molar-refractivity contribution < 1.29 is 18.0 Å². The second-order valence-electron chi connectivity index (χ2n) is 8.80. The lowest BCUT2D eigenvalue weighted by atomic mass is 9.96. The summed E-state index contributed by atoms with van der Waals surface area (Å²) in [4.78, 5) is 27.7. The van der Waals surface area contributed by atoms with E-state index >= 15 is 0 Å². The Hall–Kier alpha value is -2.36. The zero-order valence-electron chi connectivity index (χ0n) is 19.4. The maximum absolute atomic E-state index is 13.3. The first-order valence-electron chi connectivity index (χ1n) is 11.7. The highest BCUT2D eigenvalue weighted by Crippen LogP contribution is 2.38. The molecule has 1 N–H and O–H groups in total.